The summed E-state index contributed by atoms with van der Waals surface area (Å²) in [7, 11) is -2.41. The number of hydrogen-bond donors (Lipinski definition) is 0. The summed E-state index contributed by atoms with van der Waals surface area (Å²) < 4.78 is 12.2. The van der Waals surface area contributed by atoms with Crippen molar-refractivity contribution in [3.63, 3.8) is 0 Å². The summed E-state index contributed by atoms with van der Waals surface area (Å²) in [4.78, 5) is 0. The molecule has 116 valence electrons. The highest BCUT2D eigenvalue weighted by Crippen LogP contribution is 2.42. The standard InChI is InChI=1S/C15H32O2Si3/c1-15(2)11-20(4,5)19(18(3)17-15)9-8-12-6-7-13-14(10-12)16-13/h12-14,18-19H,6-11H2,1-5H3. The van der Waals surface area contributed by atoms with Crippen LogP contribution >= 0.6 is 0 Å². The van der Waals surface area contributed by atoms with Gasteiger partial charge in [-0.25, -0.2) is 0 Å². The van der Waals surface area contributed by atoms with Crippen LogP contribution in [0.15, 0.2) is 0 Å². The molecule has 5 heteroatoms. The summed E-state index contributed by atoms with van der Waals surface area (Å²) in [6.45, 7) is 12.5. The molecule has 0 aromatic carbocycles. The van der Waals surface area contributed by atoms with Gasteiger partial charge in [-0.1, -0.05) is 32.1 Å². The number of fused-ring (bicyclic) bond motifs is 1. The summed E-state index contributed by atoms with van der Waals surface area (Å²) in [5, 5.41) is 0. The summed E-state index contributed by atoms with van der Waals surface area (Å²) in [5.41, 5.74) is 0.199. The Labute approximate surface area is 128 Å². The average Bonchev–Trinajstić information content (AvgIpc) is 3.02. The monoisotopic (exact) mass is 328 g/mol. The molecule has 2 aliphatic heterocycles. The lowest BCUT2D eigenvalue weighted by Crippen LogP contribution is -2.64. The van der Waals surface area contributed by atoms with Gasteiger partial charge in [0.05, 0.1) is 20.0 Å². The van der Waals surface area contributed by atoms with Crippen LogP contribution in [0.3, 0.4) is 0 Å². The molecule has 1 aliphatic carbocycles. The first-order valence-corrected chi connectivity index (χ1v) is 18.7. The first-order chi connectivity index (χ1) is 9.27. The lowest BCUT2D eigenvalue weighted by molar-refractivity contribution is 0.131. The van der Waals surface area contributed by atoms with Crippen molar-refractivity contribution in [3.05, 3.63) is 0 Å². The second kappa shape index (κ2) is 5.33. The highest BCUT2D eigenvalue weighted by atomic mass is 29.6. The highest BCUT2D eigenvalue weighted by molar-refractivity contribution is 7.55. The molecule has 0 aromatic heterocycles. The molecular weight excluding hydrogens is 296 g/mol. The molecule has 2 heterocycles. The fourth-order valence-electron chi connectivity index (χ4n) is 5.28. The molecule has 0 radical (unpaired) electrons. The van der Waals surface area contributed by atoms with Gasteiger partial charge < -0.3 is 9.16 Å². The molecule has 5 unspecified atom stereocenters. The van der Waals surface area contributed by atoms with E-state index in [1.165, 1.54) is 31.7 Å². The van der Waals surface area contributed by atoms with Crippen LogP contribution in [-0.4, -0.2) is 41.8 Å². The van der Waals surface area contributed by atoms with E-state index in [0.717, 1.165) is 5.92 Å². The number of hydrogen-bond acceptors (Lipinski definition) is 2. The van der Waals surface area contributed by atoms with Crippen molar-refractivity contribution in [1.82, 2.24) is 0 Å². The Morgan fingerprint density at radius 2 is 1.95 bits per heavy atom. The number of epoxide rings is 1. The third-order valence-corrected chi connectivity index (χ3v) is 37.5. The van der Waals surface area contributed by atoms with Gasteiger partial charge in [0.15, 0.2) is 8.56 Å². The molecule has 3 rings (SSSR count). The van der Waals surface area contributed by atoms with Crippen LogP contribution < -0.4 is 0 Å². The fraction of sp³-hybridized carbons (Fsp3) is 1.00. The third-order valence-electron chi connectivity index (χ3n) is 5.96. The molecule has 0 bridgehead atoms. The molecule has 2 nitrogen and oxygen atoms in total. The molecule has 3 fully saturated rings. The molecule has 0 spiro atoms. The van der Waals surface area contributed by atoms with Crippen molar-refractivity contribution in [1.29, 1.82) is 0 Å². The predicted molar refractivity (Wildman–Crippen MR) is 93.0 cm³/mol. The Bertz CT molecular complexity index is 372. The van der Waals surface area contributed by atoms with E-state index >= 15 is 0 Å². The van der Waals surface area contributed by atoms with Crippen molar-refractivity contribution in [3.8, 4) is 0 Å². The lowest BCUT2D eigenvalue weighted by Gasteiger charge is -2.48. The van der Waals surface area contributed by atoms with Gasteiger partial charge in [0.1, 0.15) is 0 Å². The van der Waals surface area contributed by atoms with Crippen molar-refractivity contribution in [2.24, 2.45) is 5.92 Å². The van der Waals surface area contributed by atoms with E-state index in [1.54, 1.807) is 6.04 Å². The van der Waals surface area contributed by atoms with Crippen LogP contribution in [0.25, 0.3) is 0 Å². The van der Waals surface area contributed by atoms with Crippen molar-refractivity contribution in [2.75, 3.05) is 0 Å². The van der Waals surface area contributed by atoms with E-state index < -0.39 is 24.0 Å². The van der Waals surface area contributed by atoms with Gasteiger partial charge in [-0.05, 0) is 45.1 Å². The van der Waals surface area contributed by atoms with E-state index in [2.05, 4.69) is 33.5 Å². The van der Waals surface area contributed by atoms with Crippen molar-refractivity contribution >= 4 is 24.0 Å². The minimum Gasteiger partial charge on any atom is -0.420 e. The third kappa shape index (κ3) is 3.32. The van der Waals surface area contributed by atoms with Crippen molar-refractivity contribution in [2.45, 2.75) is 89.1 Å². The summed E-state index contributed by atoms with van der Waals surface area (Å²) >= 11 is 0. The van der Waals surface area contributed by atoms with E-state index in [0.29, 0.717) is 12.2 Å². The molecular formula is C15H32O2Si3. The Kier molecular flexibility index (Phi) is 4.12. The average molecular weight is 329 g/mol. The van der Waals surface area contributed by atoms with E-state index in [4.69, 9.17) is 9.16 Å². The van der Waals surface area contributed by atoms with Crippen LogP contribution in [0.5, 0.6) is 0 Å². The second-order valence-corrected chi connectivity index (χ2v) is 30.7. The topological polar surface area (TPSA) is 21.8 Å². The van der Waals surface area contributed by atoms with Crippen LogP contribution in [0.2, 0.25) is 31.7 Å². The van der Waals surface area contributed by atoms with Crippen LogP contribution in [0.4, 0.5) is 0 Å². The lowest BCUT2D eigenvalue weighted by atomic mass is 9.88. The maximum atomic E-state index is 6.50. The van der Waals surface area contributed by atoms with Crippen LogP contribution in [0, 0.1) is 5.92 Å². The van der Waals surface area contributed by atoms with Gasteiger partial charge in [0.2, 0.25) is 0 Å². The Morgan fingerprint density at radius 1 is 1.20 bits per heavy atom. The minimum absolute atomic E-state index is 0.199. The largest absolute Gasteiger partial charge is 0.420 e. The Morgan fingerprint density at radius 3 is 2.60 bits per heavy atom. The molecule has 0 aromatic rings. The van der Waals surface area contributed by atoms with Crippen LogP contribution in [-0.2, 0) is 9.16 Å². The fourth-order valence-corrected chi connectivity index (χ4v) is 38.2. The van der Waals surface area contributed by atoms with E-state index in [-0.39, 0.29) is 5.60 Å². The minimum atomic E-state index is -0.965. The molecule has 3 aliphatic rings. The van der Waals surface area contributed by atoms with Gasteiger partial charge in [0.25, 0.3) is 0 Å². The summed E-state index contributed by atoms with van der Waals surface area (Å²) in [5.74, 6) is 0.979. The summed E-state index contributed by atoms with van der Waals surface area (Å²) in [6, 6.07) is 3.00. The number of ether oxygens (including phenoxy) is 1. The summed E-state index contributed by atoms with van der Waals surface area (Å²) in [6.07, 6.45) is 6.99. The molecule has 20 heavy (non-hydrogen) atoms. The van der Waals surface area contributed by atoms with Gasteiger partial charge in [0, 0.05) is 13.2 Å². The normalized spacial score (nSPS) is 45.8. The van der Waals surface area contributed by atoms with Gasteiger partial charge in [-0.2, -0.15) is 0 Å². The smallest absolute Gasteiger partial charge is 0.157 e. The van der Waals surface area contributed by atoms with E-state index in [9.17, 15) is 0 Å². The first kappa shape index (κ1) is 15.5. The van der Waals surface area contributed by atoms with Gasteiger partial charge >= 0.3 is 0 Å². The van der Waals surface area contributed by atoms with Gasteiger partial charge in [-0.3, -0.25) is 0 Å². The predicted octanol–water partition coefficient (Wildman–Crippen LogP) is 3.20. The van der Waals surface area contributed by atoms with Gasteiger partial charge in [-0.15, -0.1) is 0 Å². The molecule has 2 saturated heterocycles. The molecule has 5 atom stereocenters. The van der Waals surface area contributed by atoms with Crippen molar-refractivity contribution < 1.29 is 9.16 Å². The Balaban J connectivity index is 1.55. The maximum absolute atomic E-state index is 6.50. The zero-order chi connectivity index (χ0) is 14.5. The maximum Gasteiger partial charge on any atom is 0.157 e. The zero-order valence-corrected chi connectivity index (χ0v) is 17.3. The highest BCUT2D eigenvalue weighted by Gasteiger charge is 2.48. The quantitative estimate of drug-likeness (QED) is 0.586. The van der Waals surface area contributed by atoms with E-state index in [1.807, 2.05) is 0 Å². The molecule has 1 saturated carbocycles. The first-order valence-electron chi connectivity index (χ1n) is 8.60. The zero-order valence-electron chi connectivity index (χ0n) is 13.9. The molecule has 0 amide bonds. The SMILES string of the molecule is C[SiH]1OC(C)(C)C[Si](C)(C)[SiH]1CCC1CCC2OC2C1. The van der Waals surface area contributed by atoms with Crippen LogP contribution in [0.1, 0.15) is 39.5 Å². The second-order valence-electron chi connectivity index (χ2n) is 8.82. The Hall–Kier alpha value is 0.571. The number of rotatable bonds is 3. The molecule has 0 N–H and O–H groups in total.